The number of hydrogen-bond acceptors (Lipinski definition) is 2. The van der Waals surface area contributed by atoms with Gasteiger partial charge in [-0.2, -0.15) is 0 Å². The molecule has 2 heterocycles. The molecule has 0 unspecified atom stereocenters. The fraction of sp³-hybridized carbons (Fsp3) is 0.188. The van der Waals surface area contributed by atoms with E-state index < -0.39 is 0 Å². The van der Waals surface area contributed by atoms with Crippen molar-refractivity contribution >= 4 is 44.1 Å². The molecular formula is C16H15BrN2OS. The maximum atomic E-state index is 11.9. The van der Waals surface area contributed by atoms with Crippen LogP contribution < -0.4 is 5.32 Å². The van der Waals surface area contributed by atoms with Gasteiger partial charge in [0.15, 0.2) is 0 Å². The van der Waals surface area contributed by atoms with Gasteiger partial charge < -0.3 is 10.3 Å². The Morgan fingerprint density at radius 3 is 2.90 bits per heavy atom. The van der Waals surface area contributed by atoms with Crippen molar-refractivity contribution in [3.63, 3.8) is 0 Å². The SMILES string of the molecule is O=C(Cc1ccc(Br)s1)NCCc1c[nH]c2ccccc12. The van der Waals surface area contributed by atoms with Gasteiger partial charge in [-0.05, 0) is 46.1 Å². The molecule has 0 spiro atoms. The number of amides is 1. The van der Waals surface area contributed by atoms with Gasteiger partial charge in [-0.3, -0.25) is 4.79 Å². The molecule has 0 radical (unpaired) electrons. The van der Waals surface area contributed by atoms with E-state index in [2.05, 4.69) is 38.4 Å². The molecule has 0 saturated heterocycles. The van der Waals surface area contributed by atoms with E-state index in [0.717, 1.165) is 20.6 Å². The van der Waals surface area contributed by atoms with Crippen LogP contribution in [0.3, 0.4) is 0 Å². The summed E-state index contributed by atoms with van der Waals surface area (Å²) in [5, 5.41) is 4.21. The number of rotatable bonds is 5. The van der Waals surface area contributed by atoms with Crippen LogP contribution in [0.15, 0.2) is 46.4 Å². The third kappa shape index (κ3) is 3.54. The minimum Gasteiger partial charge on any atom is -0.361 e. The molecule has 21 heavy (non-hydrogen) atoms. The molecule has 0 bridgehead atoms. The zero-order valence-electron chi connectivity index (χ0n) is 11.4. The average Bonchev–Trinajstić information content (AvgIpc) is 3.06. The standard InChI is InChI=1S/C16H15BrN2OS/c17-15-6-5-12(21-15)9-16(20)18-8-7-11-10-19-14-4-2-1-3-13(11)14/h1-6,10,19H,7-9H2,(H,18,20). The van der Waals surface area contributed by atoms with Crippen molar-refractivity contribution in [2.45, 2.75) is 12.8 Å². The van der Waals surface area contributed by atoms with E-state index in [1.54, 1.807) is 11.3 Å². The quantitative estimate of drug-likeness (QED) is 0.710. The molecule has 0 fully saturated rings. The van der Waals surface area contributed by atoms with Crippen LogP contribution in [0, 0.1) is 0 Å². The lowest BCUT2D eigenvalue weighted by molar-refractivity contribution is -0.120. The fourth-order valence-electron chi connectivity index (χ4n) is 2.34. The summed E-state index contributed by atoms with van der Waals surface area (Å²) in [5.41, 5.74) is 2.38. The number of para-hydroxylation sites is 1. The van der Waals surface area contributed by atoms with E-state index >= 15 is 0 Å². The molecule has 108 valence electrons. The van der Waals surface area contributed by atoms with E-state index in [1.165, 1.54) is 10.9 Å². The first kappa shape index (κ1) is 14.4. The topological polar surface area (TPSA) is 44.9 Å². The number of aromatic amines is 1. The number of carbonyl (C=O) groups is 1. The lowest BCUT2D eigenvalue weighted by Gasteiger charge is -2.03. The van der Waals surface area contributed by atoms with Gasteiger partial charge >= 0.3 is 0 Å². The Labute approximate surface area is 135 Å². The summed E-state index contributed by atoms with van der Waals surface area (Å²) in [5.74, 6) is 0.0733. The number of benzene rings is 1. The van der Waals surface area contributed by atoms with Crippen LogP contribution in [-0.2, 0) is 17.6 Å². The molecule has 3 nitrogen and oxygen atoms in total. The molecule has 0 aliphatic heterocycles. The van der Waals surface area contributed by atoms with Crippen LogP contribution in [0.1, 0.15) is 10.4 Å². The van der Waals surface area contributed by atoms with Crippen LogP contribution in [0.25, 0.3) is 10.9 Å². The number of halogens is 1. The molecule has 0 atom stereocenters. The smallest absolute Gasteiger partial charge is 0.225 e. The summed E-state index contributed by atoms with van der Waals surface area (Å²) >= 11 is 5.01. The molecule has 3 rings (SSSR count). The summed E-state index contributed by atoms with van der Waals surface area (Å²) in [7, 11) is 0. The Balaban J connectivity index is 1.53. The fourth-order valence-corrected chi connectivity index (χ4v) is 3.82. The van der Waals surface area contributed by atoms with Crippen molar-refractivity contribution in [2.24, 2.45) is 0 Å². The predicted molar refractivity (Wildman–Crippen MR) is 90.7 cm³/mol. The van der Waals surface area contributed by atoms with Gasteiger partial charge in [-0.1, -0.05) is 18.2 Å². The number of H-pyrrole nitrogens is 1. The zero-order valence-corrected chi connectivity index (χ0v) is 13.8. The highest BCUT2D eigenvalue weighted by Gasteiger charge is 2.07. The Morgan fingerprint density at radius 2 is 2.10 bits per heavy atom. The van der Waals surface area contributed by atoms with Crippen molar-refractivity contribution in [2.75, 3.05) is 6.54 Å². The minimum absolute atomic E-state index is 0.0733. The van der Waals surface area contributed by atoms with E-state index in [1.807, 2.05) is 30.5 Å². The van der Waals surface area contributed by atoms with Crippen molar-refractivity contribution < 1.29 is 4.79 Å². The number of nitrogens with one attached hydrogen (secondary N) is 2. The maximum Gasteiger partial charge on any atom is 0.225 e. The van der Waals surface area contributed by atoms with E-state index in [9.17, 15) is 4.79 Å². The van der Waals surface area contributed by atoms with Crippen molar-refractivity contribution in [3.8, 4) is 0 Å². The molecular weight excluding hydrogens is 348 g/mol. The molecule has 0 aliphatic rings. The van der Waals surface area contributed by atoms with Gasteiger partial charge in [0, 0.05) is 28.5 Å². The second kappa shape index (κ2) is 6.45. The molecule has 1 amide bonds. The Morgan fingerprint density at radius 1 is 1.24 bits per heavy atom. The van der Waals surface area contributed by atoms with Gasteiger partial charge in [0.05, 0.1) is 10.2 Å². The molecule has 2 aromatic heterocycles. The summed E-state index contributed by atoms with van der Waals surface area (Å²) < 4.78 is 1.06. The molecule has 0 aliphatic carbocycles. The highest BCUT2D eigenvalue weighted by atomic mass is 79.9. The van der Waals surface area contributed by atoms with Crippen LogP contribution in [0.5, 0.6) is 0 Å². The number of carbonyl (C=O) groups excluding carboxylic acids is 1. The second-order valence-corrected chi connectivity index (χ2v) is 7.39. The number of aromatic nitrogens is 1. The zero-order chi connectivity index (χ0) is 14.7. The van der Waals surface area contributed by atoms with Crippen LogP contribution in [-0.4, -0.2) is 17.4 Å². The van der Waals surface area contributed by atoms with E-state index in [0.29, 0.717) is 13.0 Å². The third-order valence-corrected chi connectivity index (χ3v) is 4.98. The number of fused-ring (bicyclic) bond motifs is 1. The summed E-state index contributed by atoms with van der Waals surface area (Å²) in [4.78, 5) is 16.2. The van der Waals surface area contributed by atoms with Crippen LogP contribution in [0.2, 0.25) is 0 Å². The lowest BCUT2D eigenvalue weighted by Crippen LogP contribution is -2.26. The Kier molecular flexibility index (Phi) is 4.41. The van der Waals surface area contributed by atoms with Crippen LogP contribution >= 0.6 is 27.3 Å². The second-order valence-electron chi connectivity index (χ2n) is 4.84. The third-order valence-electron chi connectivity index (χ3n) is 3.36. The minimum atomic E-state index is 0.0733. The molecule has 5 heteroatoms. The van der Waals surface area contributed by atoms with Crippen molar-refractivity contribution in [1.82, 2.24) is 10.3 Å². The predicted octanol–water partition coefficient (Wildman–Crippen LogP) is 3.89. The van der Waals surface area contributed by atoms with Gasteiger partial charge in [-0.15, -0.1) is 11.3 Å². The van der Waals surface area contributed by atoms with Gasteiger partial charge in [0.25, 0.3) is 0 Å². The largest absolute Gasteiger partial charge is 0.361 e. The highest BCUT2D eigenvalue weighted by Crippen LogP contribution is 2.22. The number of thiophene rings is 1. The first-order chi connectivity index (χ1) is 10.2. The molecule has 1 aromatic carbocycles. The van der Waals surface area contributed by atoms with E-state index in [-0.39, 0.29) is 5.91 Å². The average molecular weight is 363 g/mol. The molecule has 3 aromatic rings. The van der Waals surface area contributed by atoms with Gasteiger partial charge in [0.2, 0.25) is 5.91 Å². The highest BCUT2D eigenvalue weighted by molar-refractivity contribution is 9.11. The van der Waals surface area contributed by atoms with Gasteiger partial charge in [0.1, 0.15) is 0 Å². The number of hydrogen-bond donors (Lipinski definition) is 2. The monoisotopic (exact) mass is 362 g/mol. The summed E-state index contributed by atoms with van der Waals surface area (Å²) in [6, 6.07) is 12.2. The first-order valence-corrected chi connectivity index (χ1v) is 8.39. The Bertz CT molecular complexity index is 762. The Hall–Kier alpha value is -1.59. The van der Waals surface area contributed by atoms with Gasteiger partial charge in [-0.25, -0.2) is 0 Å². The maximum absolute atomic E-state index is 11.9. The molecule has 0 saturated carbocycles. The molecule has 2 N–H and O–H groups in total. The van der Waals surface area contributed by atoms with E-state index in [4.69, 9.17) is 0 Å². The van der Waals surface area contributed by atoms with Crippen LogP contribution in [0.4, 0.5) is 0 Å². The summed E-state index contributed by atoms with van der Waals surface area (Å²) in [6.45, 7) is 0.660. The lowest BCUT2D eigenvalue weighted by atomic mass is 10.1. The first-order valence-electron chi connectivity index (χ1n) is 6.78. The summed E-state index contributed by atoms with van der Waals surface area (Å²) in [6.07, 6.45) is 3.31. The van der Waals surface area contributed by atoms with Crippen molar-refractivity contribution in [1.29, 1.82) is 0 Å². The van der Waals surface area contributed by atoms with Crippen molar-refractivity contribution in [3.05, 3.63) is 56.8 Å². The normalized spacial score (nSPS) is 10.9.